The van der Waals surface area contributed by atoms with Crippen molar-refractivity contribution < 1.29 is 9.69 Å². The number of carbonyl (C=O) groups excluding carboxylic acids is 1. The van der Waals surface area contributed by atoms with E-state index in [4.69, 9.17) is 0 Å². The number of amides is 1. The molecule has 0 unspecified atom stereocenters. The van der Waals surface area contributed by atoms with Gasteiger partial charge in [0.2, 0.25) is 5.91 Å². The van der Waals surface area contributed by atoms with Crippen molar-refractivity contribution in [3.05, 3.63) is 35.9 Å². The number of hydrogen-bond acceptors (Lipinski definition) is 1. The highest BCUT2D eigenvalue weighted by Gasteiger charge is 2.28. The molecule has 0 aromatic heterocycles. The Balaban J connectivity index is 1.70. The van der Waals surface area contributed by atoms with Crippen LogP contribution in [0.3, 0.4) is 0 Å². The Morgan fingerprint density at radius 2 is 1.83 bits per heavy atom. The average Bonchev–Trinajstić information content (AvgIpc) is 2.56. The molecule has 0 bridgehead atoms. The number of piperidine rings is 1. The molecule has 1 aromatic carbocycles. The number of carbonyl (C=O) groups is 1. The first-order valence-electron chi connectivity index (χ1n) is 9.22. The molecule has 1 aliphatic rings. The van der Waals surface area contributed by atoms with E-state index >= 15 is 0 Å². The molecule has 1 heterocycles. The Bertz CT molecular complexity index is 464. The highest BCUT2D eigenvalue weighted by atomic mass is 16.1. The lowest BCUT2D eigenvalue weighted by atomic mass is 9.94. The predicted octanol–water partition coefficient (Wildman–Crippen LogP) is 2.25. The molecule has 0 aliphatic carbocycles. The van der Waals surface area contributed by atoms with Gasteiger partial charge in [-0.25, -0.2) is 0 Å². The van der Waals surface area contributed by atoms with Crippen LogP contribution in [0.4, 0.5) is 0 Å². The van der Waals surface area contributed by atoms with Crippen molar-refractivity contribution in [1.82, 2.24) is 5.32 Å². The molecule has 1 amide bonds. The molecule has 0 radical (unpaired) electrons. The van der Waals surface area contributed by atoms with Crippen LogP contribution in [0.5, 0.6) is 0 Å². The lowest BCUT2D eigenvalue weighted by Crippen LogP contribution is -3.13. The molecular formula is C20H33N2O+. The smallest absolute Gasteiger partial charge is 0.223 e. The Labute approximate surface area is 141 Å². The van der Waals surface area contributed by atoms with E-state index in [2.05, 4.69) is 56.4 Å². The van der Waals surface area contributed by atoms with E-state index in [9.17, 15) is 4.79 Å². The average molecular weight is 317 g/mol. The van der Waals surface area contributed by atoms with E-state index in [0.717, 1.165) is 38.9 Å². The van der Waals surface area contributed by atoms with Crippen LogP contribution in [0.1, 0.15) is 51.5 Å². The van der Waals surface area contributed by atoms with Crippen molar-refractivity contribution in [3.8, 4) is 0 Å². The summed E-state index contributed by atoms with van der Waals surface area (Å²) in [5.41, 5.74) is 1.42. The molecule has 0 saturated carbocycles. The first-order valence-corrected chi connectivity index (χ1v) is 9.22. The summed E-state index contributed by atoms with van der Waals surface area (Å²) in [4.78, 5) is 13.9. The summed E-state index contributed by atoms with van der Waals surface area (Å²) in [6.07, 6.45) is 3.14. The summed E-state index contributed by atoms with van der Waals surface area (Å²) in [6, 6.07) is 10.8. The van der Waals surface area contributed by atoms with Crippen LogP contribution in [0.2, 0.25) is 0 Å². The number of benzene rings is 1. The van der Waals surface area contributed by atoms with E-state index in [1.54, 1.807) is 4.90 Å². The maximum atomic E-state index is 12.2. The molecule has 23 heavy (non-hydrogen) atoms. The third-order valence-corrected chi connectivity index (χ3v) is 5.05. The summed E-state index contributed by atoms with van der Waals surface area (Å²) in [5, 5.41) is 3.12. The molecule has 3 nitrogen and oxygen atoms in total. The van der Waals surface area contributed by atoms with Crippen LogP contribution in [0.25, 0.3) is 0 Å². The predicted molar refractivity (Wildman–Crippen MR) is 95.6 cm³/mol. The maximum absolute atomic E-state index is 12.2. The van der Waals surface area contributed by atoms with Gasteiger partial charge in [0.15, 0.2) is 0 Å². The van der Waals surface area contributed by atoms with E-state index in [-0.39, 0.29) is 11.8 Å². The standard InChI is InChI=1S/C20H32N2O/c1-16(2)9-12-21-20(23)19-10-13-22(14-11-19)15-17(3)18-7-5-4-6-8-18/h4-8,16-17,19H,9-15H2,1-3H3,(H,21,23)/p+1/t17-/m1/s1. The fourth-order valence-corrected chi connectivity index (χ4v) is 3.45. The Morgan fingerprint density at radius 3 is 2.43 bits per heavy atom. The van der Waals surface area contributed by atoms with E-state index in [0.29, 0.717) is 11.8 Å². The summed E-state index contributed by atoms with van der Waals surface area (Å²) in [5.74, 6) is 1.75. The van der Waals surface area contributed by atoms with Gasteiger partial charge >= 0.3 is 0 Å². The van der Waals surface area contributed by atoms with Crippen LogP contribution in [-0.4, -0.2) is 32.1 Å². The van der Waals surface area contributed by atoms with Gasteiger partial charge < -0.3 is 10.2 Å². The first kappa shape index (κ1) is 18.0. The minimum Gasteiger partial charge on any atom is -0.356 e. The number of hydrogen-bond donors (Lipinski definition) is 2. The van der Waals surface area contributed by atoms with Crippen molar-refractivity contribution in [2.45, 2.75) is 46.0 Å². The van der Waals surface area contributed by atoms with Gasteiger partial charge in [-0.1, -0.05) is 51.1 Å². The van der Waals surface area contributed by atoms with Crippen molar-refractivity contribution in [2.24, 2.45) is 11.8 Å². The highest BCUT2D eigenvalue weighted by Crippen LogP contribution is 2.14. The van der Waals surface area contributed by atoms with Gasteiger partial charge in [0.05, 0.1) is 19.6 Å². The molecule has 2 rings (SSSR count). The van der Waals surface area contributed by atoms with Crippen LogP contribution < -0.4 is 10.2 Å². The minimum absolute atomic E-state index is 0.234. The maximum Gasteiger partial charge on any atom is 0.223 e. The third kappa shape index (κ3) is 5.98. The van der Waals surface area contributed by atoms with Crippen molar-refractivity contribution >= 4 is 5.91 Å². The Morgan fingerprint density at radius 1 is 1.17 bits per heavy atom. The SMILES string of the molecule is CC(C)CCNC(=O)C1CC[NH+](C[C@@H](C)c2ccccc2)CC1. The quantitative estimate of drug-likeness (QED) is 0.794. The molecule has 2 N–H and O–H groups in total. The molecule has 1 fully saturated rings. The van der Waals surface area contributed by atoms with Gasteiger partial charge in [-0.2, -0.15) is 0 Å². The molecule has 3 heteroatoms. The van der Waals surface area contributed by atoms with Crippen LogP contribution in [0, 0.1) is 11.8 Å². The molecule has 0 spiro atoms. The van der Waals surface area contributed by atoms with Gasteiger partial charge in [-0.15, -0.1) is 0 Å². The summed E-state index contributed by atoms with van der Waals surface area (Å²) < 4.78 is 0. The summed E-state index contributed by atoms with van der Waals surface area (Å²) >= 11 is 0. The monoisotopic (exact) mass is 317 g/mol. The number of likely N-dealkylation sites (tertiary alicyclic amines) is 1. The zero-order chi connectivity index (χ0) is 16.7. The van der Waals surface area contributed by atoms with E-state index in [1.807, 2.05) is 0 Å². The highest BCUT2D eigenvalue weighted by molar-refractivity contribution is 5.78. The lowest BCUT2D eigenvalue weighted by molar-refractivity contribution is -0.907. The second kappa shape index (κ2) is 9.07. The second-order valence-corrected chi connectivity index (χ2v) is 7.51. The van der Waals surface area contributed by atoms with E-state index < -0.39 is 0 Å². The van der Waals surface area contributed by atoms with Gasteiger partial charge in [0.25, 0.3) is 0 Å². The van der Waals surface area contributed by atoms with Crippen LogP contribution >= 0.6 is 0 Å². The largest absolute Gasteiger partial charge is 0.356 e. The number of quaternary nitrogens is 1. The molecule has 1 aromatic rings. The van der Waals surface area contributed by atoms with E-state index in [1.165, 1.54) is 12.1 Å². The normalized spacial score (nSPS) is 22.8. The fourth-order valence-electron chi connectivity index (χ4n) is 3.45. The Hall–Kier alpha value is -1.35. The Kier molecular flexibility index (Phi) is 7.10. The van der Waals surface area contributed by atoms with Gasteiger partial charge in [-0.05, 0) is 17.9 Å². The lowest BCUT2D eigenvalue weighted by Gasteiger charge is -2.30. The zero-order valence-corrected chi connectivity index (χ0v) is 15.0. The topological polar surface area (TPSA) is 33.5 Å². The van der Waals surface area contributed by atoms with Gasteiger partial charge in [-0.3, -0.25) is 4.79 Å². The second-order valence-electron chi connectivity index (χ2n) is 7.51. The molecule has 1 saturated heterocycles. The summed E-state index contributed by atoms with van der Waals surface area (Å²) in [6.45, 7) is 11.0. The number of rotatable bonds is 7. The van der Waals surface area contributed by atoms with Crippen LogP contribution in [0.15, 0.2) is 30.3 Å². The first-order chi connectivity index (χ1) is 11.1. The minimum atomic E-state index is 0.234. The fraction of sp³-hybridized carbons (Fsp3) is 0.650. The zero-order valence-electron chi connectivity index (χ0n) is 15.0. The van der Waals surface area contributed by atoms with Crippen LogP contribution in [-0.2, 0) is 4.79 Å². The van der Waals surface area contributed by atoms with Crippen molar-refractivity contribution in [2.75, 3.05) is 26.2 Å². The van der Waals surface area contributed by atoms with Gasteiger partial charge in [0.1, 0.15) is 0 Å². The molecule has 128 valence electrons. The number of nitrogens with one attached hydrogen (secondary N) is 2. The molecule has 1 aliphatic heterocycles. The van der Waals surface area contributed by atoms with Crippen molar-refractivity contribution in [3.63, 3.8) is 0 Å². The van der Waals surface area contributed by atoms with Gasteiger partial charge in [0, 0.05) is 31.2 Å². The molecule has 1 atom stereocenters. The summed E-state index contributed by atoms with van der Waals surface area (Å²) in [7, 11) is 0. The van der Waals surface area contributed by atoms with Crippen molar-refractivity contribution in [1.29, 1.82) is 0 Å². The molecular weight excluding hydrogens is 284 g/mol. The third-order valence-electron chi connectivity index (χ3n) is 5.05.